The molecule has 84 valence electrons. The Morgan fingerprint density at radius 2 is 2.06 bits per heavy atom. The third-order valence-corrected chi connectivity index (χ3v) is 3.03. The van der Waals surface area contributed by atoms with Gasteiger partial charge < -0.3 is 10.2 Å². The zero-order chi connectivity index (χ0) is 11.8. The maximum Gasteiger partial charge on any atom is 0.197 e. The molecule has 0 saturated carbocycles. The highest BCUT2D eigenvalue weighted by Gasteiger charge is 2.09. The smallest absolute Gasteiger partial charge is 0.197 e. The maximum atomic E-state index is 5.71. The molecule has 2 N–H and O–H groups in total. The number of nitrogens with zero attached hydrogens (tertiary/aromatic N) is 2. The zero-order valence-electron chi connectivity index (χ0n) is 8.72. The Morgan fingerprint density at radius 1 is 1.24 bits per heavy atom. The van der Waals surface area contributed by atoms with Crippen LogP contribution in [-0.2, 0) is 0 Å². The van der Waals surface area contributed by atoms with E-state index in [0.29, 0.717) is 21.9 Å². The van der Waals surface area contributed by atoms with E-state index >= 15 is 0 Å². The van der Waals surface area contributed by atoms with Gasteiger partial charge in [0.2, 0.25) is 0 Å². The molecule has 2 aromatic heterocycles. The van der Waals surface area contributed by atoms with Crippen molar-refractivity contribution >= 4 is 32.7 Å². The molecule has 0 fully saturated rings. The highest BCUT2D eigenvalue weighted by Crippen LogP contribution is 2.26. The molecular formula is C12H8BrN3O. The van der Waals surface area contributed by atoms with Crippen molar-refractivity contribution in [1.82, 2.24) is 9.97 Å². The summed E-state index contributed by atoms with van der Waals surface area (Å²) in [5.41, 5.74) is 6.53. The van der Waals surface area contributed by atoms with Crippen LogP contribution in [0.15, 0.2) is 45.4 Å². The SMILES string of the molecule is Nc1nc(-c2cc3ccccc3o2)ncc1Br. The second kappa shape index (κ2) is 3.85. The van der Waals surface area contributed by atoms with Crippen LogP contribution in [0.1, 0.15) is 0 Å². The fraction of sp³-hybridized carbons (Fsp3) is 0. The van der Waals surface area contributed by atoms with E-state index in [1.54, 1.807) is 6.20 Å². The molecule has 0 radical (unpaired) electrons. The van der Waals surface area contributed by atoms with Crippen LogP contribution in [0, 0.1) is 0 Å². The molecule has 0 aliphatic rings. The van der Waals surface area contributed by atoms with Crippen LogP contribution in [0.3, 0.4) is 0 Å². The van der Waals surface area contributed by atoms with Crippen LogP contribution in [0.2, 0.25) is 0 Å². The van der Waals surface area contributed by atoms with Crippen molar-refractivity contribution in [3.8, 4) is 11.6 Å². The molecule has 1 aromatic carbocycles. The lowest BCUT2D eigenvalue weighted by Gasteiger charge is -1.98. The van der Waals surface area contributed by atoms with E-state index in [0.717, 1.165) is 11.0 Å². The quantitative estimate of drug-likeness (QED) is 0.747. The summed E-state index contributed by atoms with van der Waals surface area (Å²) in [6, 6.07) is 9.66. The number of nitrogen functional groups attached to an aromatic ring is 1. The number of furan rings is 1. The second-order valence-electron chi connectivity index (χ2n) is 3.58. The van der Waals surface area contributed by atoms with Crippen molar-refractivity contribution in [2.45, 2.75) is 0 Å². The van der Waals surface area contributed by atoms with Crippen molar-refractivity contribution in [1.29, 1.82) is 0 Å². The standard InChI is InChI=1S/C12H8BrN3O/c13-8-6-15-12(16-11(8)14)10-5-7-3-1-2-4-9(7)17-10/h1-6H,(H2,14,15,16). The monoisotopic (exact) mass is 289 g/mol. The first kappa shape index (κ1) is 10.3. The van der Waals surface area contributed by atoms with Crippen LogP contribution in [-0.4, -0.2) is 9.97 Å². The summed E-state index contributed by atoms with van der Waals surface area (Å²) in [6.45, 7) is 0. The Bertz CT molecular complexity index is 660. The highest BCUT2D eigenvalue weighted by molar-refractivity contribution is 9.10. The zero-order valence-corrected chi connectivity index (χ0v) is 10.3. The molecule has 0 aliphatic heterocycles. The number of nitrogens with two attached hydrogens (primary N) is 1. The summed E-state index contributed by atoms with van der Waals surface area (Å²) in [6.07, 6.45) is 1.62. The second-order valence-corrected chi connectivity index (χ2v) is 4.43. The first-order valence-electron chi connectivity index (χ1n) is 5.01. The van der Waals surface area contributed by atoms with Gasteiger partial charge in [0.15, 0.2) is 11.6 Å². The van der Waals surface area contributed by atoms with Gasteiger partial charge in [-0.05, 0) is 28.1 Å². The Morgan fingerprint density at radius 3 is 2.82 bits per heavy atom. The van der Waals surface area contributed by atoms with E-state index in [-0.39, 0.29) is 0 Å². The van der Waals surface area contributed by atoms with E-state index in [1.165, 1.54) is 0 Å². The molecule has 0 aliphatic carbocycles. The number of aromatic nitrogens is 2. The number of benzene rings is 1. The summed E-state index contributed by atoms with van der Waals surface area (Å²) in [5.74, 6) is 1.50. The van der Waals surface area contributed by atoms with Gasteiger partial charge in [-0.25, -0.2) is 9.97 Å². The molecule has 0 atom stereocenters. The van der Waals surface area contributed by atoms with Crippen LogP contribution in [0.25, 0.3) is 22.6 Å². The van der Waals surface area contributed by atoms with Gasteiger partial charge in [0.25, 0.3) is 0 Å². The minimum atomic E-state index is 0.399. The average Bonchev–Trinajstić information content (AvgIpc) is 2.76. The van der Waals surface area contributed by atoms with Crippen LogP contribution < -0.4 is 5.73 Å². The van der Waals surface area contributed by atoms with E-state index < -0.39 is 0 Å². The Kier molecular flexibility index (Phi) is 2.33. The molecule has 4 nitrogen and oxygen atoms in total. The minimum absolute atomic E-state index is 0.399. The lowest BCUT2D eigenvalue weighted by Crippen LogP contribution is -1.95. The van der Waals surface area contributed by atoms with Crippen LogP contribution >= 0.6 is 15.9 Å². The third kappa shape index (κ3) is 1.78. The molecule has 0 amide bonds. The van der Waals surface area contributed by atoms with Crippen molar-refractivity contribution < 1.29 is 4.42 Å². The lowest BCUT2D eigenvalue weighted by molar-refractivity contribution is 0.625. The summed E-state index contributed by atoms with van der Waals surface area (Å²) in [5, 5.41) is 1.02. The van der Waals surface area contributed by atoms with Gasteiger partial charge in [0.05, 0.1) is 4.47 Å². The molecule has 5 heteroatoms. The Balaban J connectivity index is 2.17. The summed E-state index contributed by atoms with van der Waals surface area (Å²) < 4.78 is 6.33. The number of fused-ring (bicyclic) bond motifs is 1. The molecule has 0 spiro atoms. The largest absolute Gasteiger partial charge is 0.453 e. The normalized spacial score (nSPS) is 10.9. The molecule has 2 heterocycles. The van der Waals surface area contributed by atoms with Gasteiger partial charge in [0, 0.05) is 11.6 Å². The topological polar surface area (TPSA) is 64.9 Å². The van der Waals surface area contributed by atoms with Crippen molar-refractivity contribution in [2.75, 3.05) is 5.73 Å². The van der Waals surface area contributed by atoms with Crippen molar-refractivity contribution in [3.63, 3.8) is 0 Å². The molecule has 3 aromatic rings. The van der Waals surface area contributed by atoms with Gasteiger partial charge in [-0.2, -0.15) is 0 Å². The predicted octanol–water partition coefficient (Wildman–Crippen LogP) is 3.23. The van der Waals surface area contributed by atoms with Crippen molar-refractivity contribution in [3.05, 3.63) is 41.0 Å². The summed E-state index contributed by atoms with van der Waals surface area (Å²) >= 11 is 3.26. The molecule has 0 bridgehead atoms. The number of hydrogen-bond donors (Lipinski definition) is 1. The molecule has 3 rings (SSSR count). The molecular weight excluding hydrogens is 282 g/mol. The first-order valence-corrected chi connectivity index (χ1v) is 5.80. The fourth-order valence-electron chi connectivity index (χ4n) is 1.59. The van der Waals surface area contributed by atoms with Gasteiger partial charge in [-0.1, -0.05) is 18.2 Å². The van der Waals surface area contributed by atoms with E-state index in [4.69, 9.17) is 10.2 Å². The molecule has 0 saturated heterocycles. The third-order valence-electron chi connectivity index (χ3n) is 2.42. The lowest BCUT2D eigenvalue weighted by atomic mass is 10.2. The maximum absolute atomic E-state index is 5.71. The van der Waals surface area contributed by atoms with Gasteiger partial charge >= 0.3 is 0 Å². The average molecular weight is 290 g/mol. The van der Waals surface area contributed by atoms with E-state index in [2.05, 4.69) is 25.9 Å². The van der Waals surface area contributed by atoms with E-state index in [1.807, 2.05) is 30.3 Å². The molecule has 17 heavy (non-hydrogen) atoms. The van der Waals surface area contributed by atoms with Gasteiger partial charge in [0.1, 0.15) is 11.4 Å². The van der Waals surface area contributed by atoms with Gasteiger partial charge in [-0.15, -0.1) is 0 Å². The number of para-hydroxylation sites is 1. The molecule has 0 unspecified atom stereocenters. The summed E-state index contributed by atoms with van der Waals surface area (Å²) in [4.78, 5) is 8.34. The number of hydrogen-bond acceptors (Lipinski definition) is 4. The highest BCUT2D eigenvalue weighted by atomic mass is 79.9. The van der Waals surface area contributed by atoms with Crippen molar-refractivity contribution in [2.24, 2.45) is 0 Å². The fourth-order valence-corrected chi connectivity index (χ4v) is 1.78. The van der Waals surface area contributed by atoms with E-state index in [9.17, 15) is 0 Å². The minimum Gasteiger partial charge on any atom is -0.453 e. The van der Waals surface area contributed by atoms with Crippen LogP contribution in [0.5, 0.6) is 0 Å². The predicted molar refractivity (Wildman–Crippen MR) is 69.4 cm³/mol. The summed E-state index contributed by atoms with van der Waals surface area (Å²) in [7, 11) is 0. The first-order chi connectivity index (χ1) is 8.24. The number of halogens is 1. The number of rotatable bonds is 1. The Labute approximate surface area is 106 Å². The van der Waals surface area contributed by atoms with Crippen LogP contribution in [0.4, 0.5) is 5.82 Å². The number of anilines is 1. The Hall–Kier alpha value is -1.88. The van der Waals surface area contributed by atoms with Gasteiger partial charge in [-0.3, -0.25) is 0 Å².